The first-order valence-electron chi connectivity index (χ1n) is 12.6. The van der Waals surface area contributed by atoms with Gasteiger partial charge in [0.25, 0.3) is 0 Å². The molecule has 1 aromatic carbocycles. The molecule has 1 aliphatic heterocycles. The maximum Gasteiger partial charge on any atom is 0.308 e. The van der Waals surface area contributed by atoms with E-state index in [-0.39, 0.29) is 11.6 Å². The van der Waals surface area contributed by atoms with Gasteiger partial charge in [0.15, 0.2) is 0 Å². The van der Waals surface area contributed by atoms with E-state index in [1.165, 1.54) is 25.3 Å². The molecule has 0 spiro atoms. The summed E-state index contributed by atoms with van der Waals surface area (Å²) in [6.45, 7) is 24.6. The first kappa shape index (κ1) is 25.1. The number of benzene rings is 1. The summed E-state index contributed by atoms with van der Waals surface area (Å²) in [5.41, 5.74) is 5.18. The van der Waals surface area contributed by atoms with E-state index in [2.05, 4.69) is 62.3 Å². The highest BCUT2D eigenvalue weighted by atomic mass is 16.5. The normalized spacial score (nSPS) is 25.5. The molecule has 32 heavy (non-hydrogen) atoms. The predicted octanol–water partition coefficient (Wildman–Crippen LogP) is 7.75. The van der Waals surface area contributed by atoms with Crippen LogP contribution in [0.1, 0.15) is 103 Å². The fourth-order valence-corrected chi connectivity index (χ4v) is 6.86. The molecule has 1 fully saturated rings. The summed E-state index contributed by atoms with van der Waals surface area (Å²) in [7, 11) is 0. The van der Waals surface area contributed by atoms with Crippen molar-refractivity contribution in [3.63, 3.8) is 0 Å². The maximum atomic E-state index is 11.6. The Kier molecular flexibility index (Phi) is 6.57. The molecule has 1 saturated carbocycles. The molecule has 0 bridgehead atoms. The van der Waals surface area contributed by atoms with Crippen LogP contribution in [-0.4, -0.2) is 11.6 Å². The van der Waals surface area contributed by atoms with Crippen LogP contribution in [0.2, 0.25) is 0 Å². The zero-order valence-corrected chi connectivity index (χ0v) is 22.5. The fraction of sp³-hybridized carbons (Fsp3) is 0.759. The van der Waals surface area contributed by atoms with E-state index in [1.54, 1.807) is 0 Å². The van der Waals surface area contributed by atoms with E-state index in [4.69, 9.17) is 9.47 Å². The monoisotopic (exact) mass is 442 g/mol. The molecule has 0 amide bonds. The lowest BCUT2D eigenvalue weighted by atomic mass is 9.81. The molecule has 2 unspecified atom stereocenters. The van der Waals surface area contributed by atoms with Crippen molar-refractivity contribution in [2.75, 3.05) is 0 Å². The van der Waals surface area contributed by atoms with Gasteiger partial charge in [0.1, 0.15) is 17.1 Å². The molecule has 3 rings (SSSR count). The van der Waals surface area contributed by atoms with Gasteiger partial charge in [0.05, 0.1) is 0 Å². The molecular formula is C29H46O3. The van der Waals surface area contributed by atoms with E-state index < -0.39 is 0 Å². The third kappa shape index (κ3) is 4.33. The molecule has 3 nitrogen and oxygen atoms in total. The number of carbonyl (C=O) groups excluding carboxylic acids is 1. The minimum absolute atomic E-state index is 0.130. The second kappa shape index (κ2) is 8.37. The van der Waals surface area contributed by atoms with E-state index in [0.29, 0.717) is 16.7 Å². The summed E-state index contributed by atoms with van der Waals surface area (Å²) in [5, 5.41) is 0. The zero-order chi connectivity index (χ0) is 24.2. The van der Waals surface area contributed by atoms with E-state index >= 15 is 0 Å². The Labute approximate surface area is 196 Å². The zero-order valence-electron chi connectivity index (χ0n) is 22.5. The number of hydrogen-bond donors (Lipinski definition) is 0. The molecule has 180 valence electrons. The van der Waals surface area contributed by atoms with Crippen molar-refractivity contribution < 1.29 is 14.3 Å². The predicted molar refractivity (Wildman–Crippen MR) is 133 cm³/mol. The largest absolute Gasteiger partial charge is 0.487 e. The molecule has 1 aliphatic carbocycles. The highest BCUT2D eigenvalue weighted by molar-refractivity contribution is 5.72. The second-order valence-electron chi connectivity index (χ2n) is 12.4. The fourth-order valence-electron chi connectivity index (χ4n) is 6.86. The number of fused-ring (bicyclic) bond motifs is 1. The van der Waals surface area contributed by atoms with E-state index in [9.17, 15) is 4.79 Å². The first-order chi connectivity index (χ1) is 14.6. The molecule has 3 atom stereocenters. The minimum atomic E-state index is -0.265. The van der Waals surface area contributed by atoms with Crippen molar-refractivity contribution in [1.82, 2.24) is 0 Å². The smallest absolute Gasteiger partial charge is 0.308 e. The van der Waals surface area contributed by atoms with Gasteiger partial charge < -0.3 is 9.47 Å². The summed E-state index contributed by atoms with van der Waals surface area (Å²) >= 11 is 0. The molecular weight excluding hydrogens is 396 g/mol. The van der Waals surface area contributed by atoms with Crippen LogP contribution in [0.4, 0.5) is 0 Å². The number of hydrogen-bond acceptors (Lipinski definition) is 3. The number of carbonyl (C=O) groups is 1. The summed E-state index contributed by atoms with van der Waals surface area (Å²) in [6.07, 6.45) is 5.57. The summed E-state index contributed by atoms with van der Waals surface area (Å²) < 4.78 is 12.3. The van der Waals surface area contributed by atoms with Gasteiger partial charge in [-0.25, -0.2) is 0 Å². The van der Waals surface area contributed by atoms with Crippen molar-refractivity contribution in [3.8, 4) is 11.5 Å². The Hall–Kier alpha value is -1.51. The highest BCUT2D eigenvalue weighted by Crippen LogP contribution is 2.71. The third-order valence-electron chi connectivity index (χ3n) is 9.45. The highest BCUT2D eigenvalue weighted by Gasteiger charge is 2.65. The van der Waals surface area contributed by atoms with Gasteiger partial charge in [-0.2, -0.15) is 0 Å². The van der Waals surface area contributed by atoms with Gasteiger partial charge in [-0.15, -0.1) is 0 Å². The van der Waals surface area contributed by atoms with Gasteiger partial charge in [-0.3, -0.25) is 4.79 Å². The Morgan fingerprint density at radius 1 is 1.03 bits per heavy atom. The minimum Gasteiger partial charge on any atom is -0.487 e. The first-order valence-corrected chi connectivity index (χ1v) is 12.6. The van der Waals surface area contributed by atoms with Gasteiger partial charge in [-0.05, 0) is 105 Å². The quantitative estimate of drug-likeness (QED) is 0.320. The van der Waals surface area contributed by atoms with Crippen LogP contribution < -0.4 is 9.47 Å². The molecule has 2 aliphatic rings. The SMILES string of the molecule is CC(=O)Oc1c(C)c(C)c2c(c1C)CCC(C)(CC[C@@H](C)CC(C)C1C(C)(C)C1(C)C)O2. The van der Waals surface area contributed by atoms with Gasteiger partial charge in [-0.1, -0.05) is 41.5 Å². The second-order valence-corrected chi connectivity index (χ2v) is 12.4. The van der Waals surface area contributed by atoms with Crippen molar-refractivity contribution >= 4 is 5.97 Å². The molecule has 1 heterocycles. The summed E-state index contributed by atoms with van der Waals surface area (Å²) in [4.78, 5) is 11.6. The van der Waals surface area contributed by atoms with Crippen LogP contribution >= 0.6 is 0 Å². The van der Waals surface area contributed by atoms with Crippen LogP contribution in [0, 0.1) is 49.4 Å². The van der Waals surface area contributed by atoms with Crippen LogP contribution in [0.5, 0.6) is 11.5 Å². The lowest BCUT2D eigenvalue weighted by Crippen LogP contribution is -2.37. The average Bonchev–Trinajstić information content (AvgIpc) is 3.10. The molecule has 0 radical (unpaired) electrons. The van der Waals surface area contributed by atoms with Crippen LogP contribution in [-0.2, 0) is 11.2 Å². The Morgan fingerprint density at radius 3 is 2.16 bits per heavy atom. The van der Waals surface area contributed by atoms with Gasteiger partial charge >= 0.3 is 5.97 Å². The van der Waals surface area contributed by atoms with Crippen molar-refractivity contribution in [3.05, 3.63) is 22.3 Å². The Balaban J connectivity index is 1.66. The number of ether oxygens (including phenoxy) is 2. The van der Waals surface area contributed by atoms with Crippen molar-refractivity contribution in [2.45, 2.75) is 114 Å². The van der Waals surface area contributed by atoms with Crippen LogP contribution in [0.15, 0.2) is 0 Å². The van der Waals surface area contributed by atoms with E-state index in [0.717, 1.165) is 59.3 Å². The van der Waals surface area contributed by atoms with Crippen molar-refractivity contribution in [1.29, 1.82) is 0 Å². The lowest BCUT2D eigenvalue weighted by Gasteiger charge is -2.39. The Morgan fingerprint density at radius 2 is 1.62 bits per heavy atom. The molecule has 0 saturated heterocycles. The average molecular weight is 443 g/mol. The molecule has 3 heteroatoms. The summed E-state index contributed by atoms with van der Waals surface area (Å²) in [5.74, 6) is 3.77. The topological polar surface area (TPSA) is 35.5 Å². The van der Waals surface area contributed by atoms with E-state index in [1.807, 2.05) is 6.92 Å². The number of esters is 1. The standard InChI is InChI=1S/C29H46O3/c1-17(16-18(2)26-27(7,8)28(26,9)10)12-14-29(11)15-13-23-21(5)24(31-22(6)30)19(3)20(4)25(23)32-29/h17-18,26H,12-16H2,1-11H3/t17-,18?,29?/m1/s1. The lowest BCUT2D eigenvalue weighted by molar-refractivity contribution is -0.132. The van der Waals surface area contributed by atoms with Gasteiger partial charge in [0, 0.05) is 12.5 Å². The maximum absolute atomic E-state index is 11.6. The molecule has 1 aromatic rings. The molecule has 0 aromatic heterocycles. The van der Waals surface area contributed by atoms with Crippen molar-refractivity contribution in [2.24, 2.45) is 28.6 Å². The van der Waals surface area contributed by atoms with Crippen LogP contribution in [0.25, 0.3) is 0 Å². The molecule has 0 N–H and O–H groups in total. The number of rotatable bonds is 7. The summed E-state index contributed by atoms with van der Waals surface area (Å²) in [6, 6.07) is 0. The van der Waals surface area contributed by atoms with Crippen LogP contribution in [0.3, 0.4) is 0 Å². The third-order valence-corrected chi connectivity index (χ3v) is 9.45. The van der Waals surface area contributed by atoms with Gasteiger partial charge in [0.2, 0.25) is 0 Å². The Bertz CT molecular complexity index is 880.